The first-order valence-corrected chi connectivity index (χ1v) is 13.2. The monoisotopic (exact) mass is 527 g/mol. The minimum atomic E-state index is -0.731. The Labute approximate surface area is 225 Å². The van der Waals surface area contributed by atoms with Gasteiger partial charge in [-0.25, -0.2) is 0 Å². The minimum Gasteiger partial charge on any atom is -0.508 e. The van der Waals surface area contributed by atoms with Crippen LogP contribution < -0.4 is 4.90 Å². The average Bonchev–Trinajstić information content (AvgIpc) is 3.17. The number of anilines is 1. The molecule has 0 spiro atoms. The van der Waals surface area contributed by atoms with E-state index in [1.165, 1.54) is 17.0 Å². The standard InChI is InChI=1S/C31H26ClNO5/c1-3-16-4-7-18(8-5-16)33-30(37)20-10-9-19-21(27(20)31(33)38)14-23-28(25(35)12-15(2)29(23)36)26(19)22-13-17(32)6-11-24(22)34/h4-9,11-13,20-21,26-27,34H,3,10,14H2,1-2H3. The SMILES string of the molecule is CCc1ccc(N2C(=O)C3CC=C4C(c5cc(Cl)ccc5O)C5=C(CC4C3C2=O)C(=O)C(C)=CC5=O)cc1. The predicted octanol–water partition coefficient (Wildman–Crippen LogP) is 5.24. The van der Waals surface area contributed by atoms with Crippen molar-refractivity contribution in [2.75, 3.05) is 4.90 Å². The molecule has 1 saturated heterocycles. The number of carbonyl (C=O) groups excluding carboxylic acids is 4. The first-order chi connectivity index (χ1) is 18.2. The largest absolute Gasteiger partial charge is 0.508 e. The van der Waals surface area contributed by atoms with Crippen LogP contribution in [0.15, 0.2) is 76.9 Å². The number of rotatable bonds is 3. The van der Waals surface area contributed by atoms with E-state index >= 15 is 0 Å². The van der Waals surface area contributed by atoms with Gasteiger partial charge < -0.3 is 5.11 Å². The molecule has 0 aromatic heterocycles. The highest BCUT2D eigenvalue weighted by atomic mass is 35.5. The second kappa shape index (κ2) is 8.91. The molecule has 4 unspecified atom stereocenters. The number of amides is 2. The zero-order valence-electron chi connectivity index (χ0n) is 21.0. The first-order valence-electron chi connectivity index (χ1n) is 12.9. The van der Waals surface area contributed by atoms with Crippen LogP contribution in [0.2, 0.25) is 5.02 Å². The number of allylic oxidation sites excluding steroid dienone is 6. The fourth-order valence-electron chi connectivity index (χ4n) is 6.63. The van der Waals surface area contributed by atoms with Crippen molar-refractivity contribution < 1.29 is 24.3 Å². The molecular formula is C31H26ClNO5. The van der Waals surface area contributed by atoms with E-state index in [1.54, 1.807) is 31.2 Å². The number of aromatic hydroxyl groups is 1. The number of fused-ring (bicyclic) bond motifs is 3. The Morgan fingerprint density at radius 1 is 1.00 bits per heavy atom. The van der Waals surface area contributed by atoms with Crippen molar-refractivity contribution >= 4 is 40.7 Å². The molecule has 1 fully saturated rings. The molecule has 1 heterocycles. The van der Waals surface area contributed by atoms with E-state index in [0.29, 0.717) is 39.4 Å². The Kier molecular flexibility index (Phi) is 5.76. The van der Waals surface area contributed by atoms with Crippen molar-refractivity contribution in [3.63, 3.8) is 0 Å². The number of ketones is 2. The quantitative estimate of drug-likeness (QED) is 0.335. The summed E-state index contributed by atoms with van der Waals surface area (Å²) in [7, 11) is 0. The smallest absolute Gasteiger partial charge is 0.238 e. The molecule has 6 nitrogen and oxygen atoms in total. The summed E-state index contributed by atoms with van der Waals surface area (Å²) < 4.78 is 0. The highest BCUT2D eigenvalue weighted by Gasteiger charge is 2.56. The lowest BCUT2D eigenvalue weighted by molar-refractivity contribution is -0.123. The van der Waals surface area contributed by atoms with Crippen molar-refractivity contribution in [1.29, 1.82) is 0 Å². The van der Waals surface area contributed by atoms with Crippen LogP contribution in [0.1, 0.15) is 43.7 Å². The molecule has 7 heteroatoms. The molecular weight excluding hydrogens is 502 g/mol. The number of hydrogen-bond donors (Lipinski definition) is 1. The minimum absolute atomic E-state index is 0.0482. The Hall–Kier alpha value is -3.77. The Bertz CT molecular complexity index is 1530. The van der Waals surface area contributed by atoms with E-state index in [4.69, 9.17) is 11.6 Å². The van der Waals surface area contributed by atoms with Gasteiger partial charge in [0.1, 0.15) is 5.75 Å². The molecule has 3 aliphatic carbocycles. The number of nitrogens with zero attached hydrogens (tertiary/aromatic N) is 1. The molecule has 0 bridgehead atoms. The van der Waals surface area contributed by atoms with Gasteiger partial charge in [-0.15, -0.1) is 0 Å². The number of carbonyl (C=O) groups is 4. The molecule has 192 valence electrons. The molecule has 38 heavy (non-hydrogen) atoms. The van der Waals surface area contributed by atoms with Crippen LogP contribution in [-0.4, -0.2) is 28.5 Å². The number of benzene rings is 2. The lowest BCUT2D eigenvalue weighted by atomic mass is 9.59. The Morgan fingerprint density at radius 2 is 1.74 bits per heavy atom. The molecule has 2 aromatic carbocycles. The third-order valence-electron chi connectivity index (χ3n) is 8.47. The van der Waals surface area contributed by atoms with Crippen molar-refractivity contribution in [2.45, 2.75) is 39.0 Å². The van der Waals surface area contributed by atoms with Gasteiger partial charge in [-0.2, -0.15) is 0 Å². The molecule has 1 N–H and O–H groups in total. The van der Waals surface area contributed by atoms with Gasteiger partial charge >= 0.3 is 0 Å². The van der Waals surface area contributed by atoms with Gasteiger partial charge in [0.2, 0.25) is 11.8 Å². The van der Waals surface area contributed by atoms with E-state index in [9.17, 15) is 24.3 Å². The maximum absolute atomic E-state index is 13.9. The van der Waals surface area contributed by atoms with Gasteiger partial charge in [0, 0.05) is 33.2 Å². The summed E-state index contributed by atoms with van der Waals surface area (Å²) in [6.45, 7) is 3.65. The van der Waals surface area contributed by atoms with E-state index in [-0.39, 0.29) is 35.6 Å². The van der Waals surface area contributed by atoms with Gasteiger partial charge in [-0.05, 0) is 74.1 Å². The van der Waals surface area contributed by atoms with Crippen LogP contribution in [-0.2, 0) is 25.6 Å². The molecule has 2 aromatic rings. The second-order valence-corrected chi connectivity index (χ2v) is 10.9. The van der Waals surface area contributed by atoms with Crippen LogP contribution in [0.4, 0.5) is 5.69 Å². The molecule has 4 atom stereocenters. The fraction of sp³-hybridized carbons (Fsp3) is 0.290. The third-order valence-corrected chi connectivity index (χ3v) is 8.70. The Balaban J connectivity index is 1.48. The summed E-state index contributed by atoms with van der Waals surface area (Å²) in [5.74, 6) is -3.52. The summed E-state index contributed by atoms with van der Waals surface area (Å²) in [6.07, 6.45) is 4.64. The van der Waals surface area contributed by atoms with E-state index in [1.807, 2.05) is 25.1 Å². The molecule has 0 saturated carbocycles. The van der Waals surface area contributed by atoms with E-state index in [0.717, 1.165) is 17.6 Å². The average molecular weight is 528 g/mol. The van der Waals surface area contributed by atoms with Crippen LogP contribution in [0.25, 0.3) is 0 Å². The number of imide groups is 1. The van der Waals surface area contributed by atoms with Crippen LogP contribution in [0.5, 0.6) is 5.75 Å². The zero-order valence-corrected chi connectivity index (χ0v) is 21.8. The van der Waals surface area contributed by atoms with Crippen molar-refractivity contribution in [3.05, 3.63) is 93.1 Å². The summed E-state index contributed by atoms with van der Waals surface area (Å²) in [6, 6.07) is 12.1. The van der Waals surface area contributed by atoms with Crippen LogP contribution >= 0.6 is 11.6 Å². The Morgan fingerprint density at radius 3 is 2.45 bits per heavy atom. The van der Waals surface area contributed by atoms with Crippen molar-refractivity contribution in [3.8, 4) is 5.75 Å². The maximum atomic E-state index is 13.9. The van der Waals surface area contributed by atoms with Gasteiger partial charge in [0.25, 0.3) is 0 Å². The molecule has 1 aliphatic heterocycles. The number of hydrogen-bond acceptors (Lipinski definition) is 5. The van der Waals surface area contributed by atoms with Gasteiger partial charge in [-0.3, -0.25) is 24.1 Å². The first kappa shape index (κ1) is 24.6. The third kappa shape index (κ3) is 3.54. The highest BCUT2D eigenvalue weighted by molar-refractivity contribution is 6.30. The second-order valence-electron chi connectivity index (χ2n) is 10.5. The van der Waals surface area contributed by atoms with Crippen molar-refractivity contribution in [1.82, 2.24) is 0 Å². The van der Waals surface area contributed by atoms with E-state index in [2.05, 4.69) is 0 Å². The number of aryl methyl sites for hydroxylation is 1. The van der Waals surface area contributed by atoms with Gasteiger partial charge in [0.15, 0.2) is 11.6 Å². The summed E-state index contributed by atoms with van der Waals surface area (Å²) in [5, 5.41) is 11.2. The fourth-order valence-corrected chi connectivity index (χ4v) is 6.81. The predicted molar refractivity (Wildman–Crippen MR) is 143 cm³/mol. The van der Waals surface area contributed by atoms with E-state index < -0.39 is 23.7 Å². The van der Waals surface area contributed by atoms with Crippen LogP contribution in [0, 0.1) is 17.8 Å². The topological polar surface area (TPSA) is 91.8 Å². The van der Waals surface area contributed by atoms with Crippen LogP contribution in [0.3, 0.4) is 0 Å². The summed E-state index contributed by atoms with van der Waals surface area (Å²) in [4.78, 5) is 55.4. The molecule has 6 rings (SSSR count). The summed E-state index contributed by atoms with van der Waals surface area (Å²) in [5.41, 5.74) is 3.85. The number of phenols is 1. The summed E-state index contributed by atoms with van der Waals surface area (Å²) >= 11 is 6.30. The number of halogens is 1. The van der Waals surface area contributed by atoms with Gasteiger partial charge in [0.05, 0.1) is 17.5 Å². The highest BCUT2D eigenvalue weighted by Crippen LogP contribution is 2.56. The normalized spacial score (nSPS) is 26.7. The zero-order chi connectivity index (χ0) is 26.9. The lowest BCUT2D eigenvalue weighted by Gasteiger charge is -2.42. The molecule has 4 aliphatic rings. The van der Waals surface area contributed by atoms with Gasteiger partial charge in [-0.1, -0.05) is 42.3 Å². The maximum Gasteiger partial charge on any atom is 0.238 e. The molecule has 0 radical (unpaired) electrons. The lowest BCUT2D eigenvalue weighted by Crippen LogP contribution is -2.39. The number of phenolic OH excluding ortho intramolecular Hbond substituents is 1. The number of Topliss-reactive ketones (excluding diaryl/α,β-unsaturated/α-hetero) is 1. The molecule has 2 amide bonds. The van der Waals surface area contributed by atoms with Crippen molar-refractivity contribution in [2.24, 2.45) is 17.8 Å².